The molecule has 3 N–H and O–H groups in total. The number of carboxylic acid groups (broad SMARTS) is 1. The minimum absolute atomic E-state index is 0.0222. The Hall–Kier alpha value is -3.52. The summed E-state index contributed by atoms with van der Waals surface area (Å²) in [6.07, 6.45) is 1.44. The number of aromatic hydroxyl groups is 1. The summed E-state index contributed by atoms with van der Waals surface area (Å²) in [7, 11) is 0. The van der Waals surface area contributed by atoms with Crippen molar-refractivity contribution in [3.8, 4) is 16.9 Å². The maximum atomic E-state index is 13.7. The maximum Gasteiger partial charge on any atom is 0.310 e. The molecule has 34 heavy (non-hydrogen) atoms. The van der Waals surface area contributed by atoms with Crippen LogP contribution in [0.1, 0.15) is 48.8 Å². The Morgan fingerprint density at radius 2 is 1.79 bits per heavy atom. The van der Waals surface area contributed by atoms with E-state index in [1.807, 2.05) is 0 Å². The van der Waals surface area contributed by atoms with Gasteiger partial charge in [0.25, 0.3) is 5.91 Å². The quantitative estimate of drug-likeness (QED) is 0.494. The van der Waals surface area contributed by atoms with Crippen LogP contribution in [0.3, 0.4) is 0 Å². The van der Waals surface area contributed by atoms with E-state index in [2.05, 4.69) is 5.32 Å². The fourth-order valence-corrected chi connectivity index (χ4v) is 4.14. The van der Waals surface area contributed by atoms with Crippen LogP contribution in [-0.4, -0.2) is 46.8 Å². The van der Waals surface area contributed by atoms with Gasteiger partial charge in [-0.1, -0.05) is 12.1 Å². The highest BCUT2D eigenvalue weighted by atomic mass is 19.1. The lowest BCUT2D eigenvalue weighted by Crippen LogP contribution is -2.39. The number of carbonyl (C=O) groups excluding carboxylic acids is 1. The van der Waals surface area contributed by atoms with Gasteiger partial charge in [0.15, 0.2) is 0 Å². The number of hydrogen-bond acceptors (Lipinski definition) is 5. The van der Waals surface area contributed by atoms with Gasteiger partial charge in [-0.25, -0.2) is 9.37 Å². The Morgan fingerprint density at radius 1 is 1.12 bits per heavy atom. The molecule has 0 radical (unpaired) electrons. The molecule has 0 bridgehead atoms. The molecule has 0 aliphatic carbocycles. The van der Waals surface area contributed by atoms with E-state index in [4.69, 9.17) is 9.72 Å². The summed E-state index contributed by atoms with van der Waals surface area (Å²) in [5.41, 5.74) is 1.19. The number of benzene rings is 2. The van der Waals surface area contributed by atoms with Crippen LogP contribution in [0.4, 0.5) is 4.39 Å². The van der Waals surface area contributed by atoms with Gasteiger partial charge >= 0.3 is 5.97 Å². The molecule has 1 aliphatic rings. The van der Waals surface area contributed by atoms with Gasteiger partial charge in [0.05, 0.1) is 11.1 Å². The van der Waals surface area contributed by atoms with Crippen molar-refractivity contribution >= 4 is 22.6 Å². The first-order chi connectivity index (χ1) is 16.2. The second-order valence-electron chi connectivity index (χ2n) is 9.22. The van der Waals surface area contributed by atoms with Gasteiger partial charge in [-0.3, -0.25) is 9.59 Å². The first-order valence-electron chi connectivity index (χ1n) is 11.2. The second kappa shape index (κ2) is 9.38. The molecule has 178 valence electrons. The number of carboxylic acids is 1. The summed E-state index contributed by atoms with van der Waals surface area (Å²) >= 11 is 0. The number of carbonyl (C=O) groups is 2. The van der Waals surface area contributed by atoms with Crippen LogP contribution in [0, 0.1) is 11.2 Å². The van der Waals surface area contributed by atoms with E-state index in [0.29, 0.717) is 29.7 Å². The smallest absolute Gasteiger partial charge is 0.310 e. The van der Waals surface area contributed by atoms with E-state index in [9.17, 15) is 24.2 Å². The Balaban J connectivity index is 1.90. The topological polar surface area (TPSA) is 109 Å². The zero-order chi connectivity index (χ0) is 24.5. The Bertz CT molecular complexity index is 1230. The molecule has 2 aromatic carbocycles. The average molecular weight is 467 g/mol. The van der Waals surface area contributed by atoms with Crippen molar-refractivity contribution in [2.75, 3.05) is 19.8 Å². The van der Waals surface area contributed by atoms with Crippen LogP contribution < -0.4 is 5.32 Å². The normalized spacial score (nSPS) is 14.8. The molecule has 1 fully saturated rings. The van der Waals surface area contributed by atoms with Crippen molar-refractivity contribution in [2.45, 2.75) is 32.6 Å². The highest BCUT2D eigenvalue weighted by Gasteiger charge is 2.30. The minimum atomic E-state index is -1.16. The van der Waals surface area contributed by atoms with Gasteiger partial charge < -0.3 is 20.3 Å². The maximum absolute atomic E-state index is 13.7. The van der Waals surface area contributed by atoms with Gasteiger partial charge in [-0.2, -0.15) is 0 Å². The molecule has 8 heteroatoms. The van der Waals surface area contributed by atoms with E-state index in [0.717, 1.165) is 24.0 Å². The zero-order valence-electron chi connectivity index (χ0n) is 19.1. The summed E-state index contributed by atoms with van der Waals surface area (Å²) in [6.45, 7) is 4.10. The molecule has 1 amide bonds. The van der Waals surface area contributed by atoms with Gasteiger partial charge in [-0.05, 0) is 68.0 Å². The number of halogens is 1. The van der Waals surface area contributed by atoms with Crippen LogP contribution in [0.2, 0.25) is 0 Å². The fourth-order valence-electron chi connectivity index (χ4n) is 4.14. The molecule has 0 spiro atoms. The SMILES string of the molecule is CC(C)(CNC(=O)c1nc(C2CCOCC2)c(-c2ccc(F)cc2)c2ccc(O)cc12)C(=O)O. The summed E-state index contributed by atoms with van der Waals surface area (Å²) in [6, 6.07) is 10.9. The van der Waals surface area contributed by atoms with Crippen molar-refractivity contribution in [3.63, 3.8) is 0 Å². The Labute approximate surface area is 196 Å². The highest BCUT2D eigenvalue weighted by molar-refractivity contribution is 6.10. The van der Waals surface area contributed by atoms with E-state index in [-0.39, 0.29) is 29.7 Å². The standard InChI is InChI=1S/C26H27FN2O5/c1-26(2,25(32)33)14-28-24(31)23-20-13-18(30)7-8-19(20)21(15-3-5-17(27)6-4-15)22(29-23)16-9-11-34-12-10-16/h3-8,13,16,30H,9-12,14H2,1-2H3,(H,28,31)(H,32,33). The molecule has 0 saturated carbocycles. The van der Waals surface area contributed by atoms with Crippen LogP contribution in [0.15, 0.2) is 42.5 Å². The Kier molecular flexibility index (Phi) is 6.52. The van der Waals surface area contributed by atoms with E-state index in [1.54, 1.807) is 24.3 Å². The van der Waals surface area contributed by atoms with Gasteiger partial charge in [0.2, 0.25) is 0 Å². The first-order valence-corrected chi connectivity index (χ1v) is 11.2. The third-order valence-corrected chi connectivity index (χ3v) is 6.24. The van der Waals surface area contributed by atoms with E-state index >= 15 is 0 Å². The molecule has 7 nitrogen and oxygen atoms in total. The molecule has 4 rings (SSSR count). The molecule has 1 saturated heterocycles. The van der Waals surface area contributed by atoms with Crippen molar-refractivity contribution in [1.82, 2.24) is 10.3 Å². The first kappa shape index (κ1) is 23.6. The van der Waals surface area contributed by atoms with E-state index < -0.39 is 17.3 Å². The minimum Gasteiger partial charge on any atom is -0.508 e. The number of pyridine rings is 1. The lowest BCUT2D eigenvalue weighted by atomic mass is 9.86. The summed E-state index contributed by atoms with van der Waals surface area (Å²) in [4.78, 5) is 29.5. The van der Waals surface area contributed by atoms with Crippen LogP contribution in [-0.2, 0) is 9.53 Å². The second-order valence-corrected chi connectivity index (χ2v) is 9.22. The number of phenolic OH excluding ortho intramolecular Hbond substituents is 1. The number of nitrogens with one attached hydrogen (secondary N) is 1. The van der Waals surface area contributed by atoms with Crippen molar-refractivity contribution < 1.29 is 28.9 Å². The third-order valence-electron chi connectivity index (χ3n) is 6.24. The monoisotopic (exact) mass is 466 g/mol. The molecule has 3 aromatic rings. The molecular weight excluding hydrogens is 439 g/mol. The number of aromatic nitrogens is 1. The molecule has 0 atom stereocenters. The van der Waals surface area contributed by atoms with Gasteiger partial charge in [-0.15, -0.1) is 0 Å². The van der Waals surface area contributed by atoms with Crippen molar-refractivity contribution in [3.05, 3.63) is 59.7 Å². The molecular formula is C26H27FN2O5. The predicted molar refractivity (Wildman–Crippen MR) is 125 cm³/mol. The zero-order valence-corrected chi connectivity index (χ0v) is 19.1. The van der Waals surface area contributed by atoms with Crippen LogP contribution in [0.25, 0.3) is 21.9 Å². The third kappa shape index (κ3) is 4.72. The molecule has 2 heterocycles. The van der Waals surface area contributed by atoms with Gasteiger partial charge in [0, 0.05) is 36.6 Å². The fraction of sp³-hybridized carbons (Fsp3) is 0.346. The lowest BCUT2D eigenvalue weighted by molar-refractivity contribution is -0.146. The number of fused-ring (bicyclic) bond motifs is 1. The Morgan fingerprint density at radius 3 is 2.44 bits per heavy atom. The number of ether oxygens (including phenoxy) is 1. The number of amides is 1. The number of hydrogen-bond donors (Lipinski definition) is 3. The average Bonchev–Trinajstić information content (AvgIpc) is 2.82. The number of nitrogens with zero attached hydrogens (tertiary/aromatic N) is 1. The lowest BCUT2D eigenvalue weighted by Gasteiger charge is -2.26. The molecule has 1 aromatic heterocycles. The van der Waals surface area contributed by atoms with Crippen LogP contribution >= 0.6 is 0 Å². The molecule has 0 unspecified atom stereocenters. The van der Waals surface area contributed by atoms with E-state index in [1.165, 1.54) is 32.0 Å². The highest BCUT2D eigenvalue weighted by Crippen LogP contribution is 2.40. The molecule has 1 aliphatic heterocycles. The number of rotatable bonds is 6. The predicted octanol–water partition coefficient (Wildman–Crippen LogP) is 4.48. The van der Waals surface area contributed by atoms with Crippen LogP contribution in [0.5, 0.6) is 5.75 Å². The summed E-state index contributed by atoms with van der Waals surface area (Å²) < 4.78 is 19.2. The number of aliphatic carboxylic acids is 1. The largest absolute Gasteiger partial charge is 0.508 e. The van der Waals surface area contributed by atoms with Crippen molar-refractivity contribution in [1.29, 1.82) is 0 Å². The number of phenols is 1. The van der Waals surface area contributed by atoms with Gasteiger partial charge in [0.1, 0.15) is 17.3 Å². The summed E-state index contributed by atoms with van der Waals surface area (Å²) in [5.74, 6) is -1.92. The summed E-state index contributed by atoms with van der Waals surface area (Å²) in [5, 5.41) is 23.4. The van der Waals surface area contributed by atoms with Crippen molar-refractivity contribution in [2.24, 2.45) is 5.41 Å².